The maximum Gasteiger partial charge on any atom is 0.164 e. The SMILES string of the molecule is CC1(C)c2ccccc2-c2ccc(N(c3ccc(-c4ccccc4)cc3)c3ccc4c(c3)C(C)(C)c3ccc5ccccc5c3-4)cc21.CC1(C)c2ccccc2-c2ccc(N(c3ccc(-c4ccccc4)cc3)c3cccc4c5c(ccc34)C(C)(C)c3ccccc3-5)cc21.c1ccc(-c2nc(-c3ccccc3)nc(-c3ccc(-n4c5ccccc5c5cc6c7ccccc7n(-c7ccccc7)c6cc54)c4ccccc34)n2)cc1. The normalized spacial score (nSPS) is 13.6. The average Bonchev–Trinajstić information content (AvgIpc) is 1.56. The van der Waals surface area contributed by atoms with Crippen molar-refractivity contribution in [3.05, 3.63) is 536 Å². The monoisotopic (exact) mass is 1900 g/mol. The number of hydrogen-bond acceptors (Lipinski definition) is 5. The molecule has 0 saturated heterocycles. The summed E-state index contributed by atoms with van der Waals surface area (Å²) in [6, 6.07) is 179. The molecule has 0 atom stereocenters. The third-order valence-corrected chi connectivity index (χ3v) is 32.3. The van der Waals surface area contributed by atoms with Crippen molar-refractivity contribution in [3.63, 3.8) is 0 Å². The van der Waals surface area contributed by atoms with Gasteiger partial charge < -0.3 is 18.9 Å². The van der Waals surface area contributed by atoms with Crippen LogP contribution in [0.1, 0.15) is 99.9 Å². The zero-order valence-electron chi connectivity index (χ0n) is 83.9. The molecule has 7 nitrogen and oxygen atoms in total. The Morgan fingerprint density at radius 2 is 0.541 bits per heavy atom. The van der Waals surface area contributed by atoms with Crippen LogP contribution >= 0.6 is 0 Å². The summed E-state index contributed by atoms with van der Waals surface area (Å²) in [6.45, 7) is 18.9. The lowest BCUT2D eigenvalue weighted by molar-refractivity contribution is 0.660. The van der Waals surface area contributed by atoms with E-state index in [1.165, 1.54) is 188 Å². The average molecular weight is 1900 g/mol. The molecule has 148 heavy (non-hydrogen) atoms. The van der Waals surface area contributed by atoms with Gasteiger partial charge in [0.1, 0.15) is 0 Å². The van der Waals surface area contributed by atoms with Gasteiger partial charge in [0.15, 0.2) is 17.5 Å². The summed E-state index contributed by atoms with van der Waals surface area (Å²) in [5, 5.41) is 12.3. The second kappa shape index (κ2) is 34.8. The fourth-order valence-electron chi connectivity index (χ4n) is 24.9. The molecule has 704 valence electrons. The van der Waals surface area contributed by atoms with Crippen molar-refractivity contribution in [3.8, 4) is 112 Å². The molecule has 0 saturated carbocycles. The minimum atomic E-state index is -0.116. The quantitative estimate of drug-likeness (QED) is 0.115. The number of para-hydroxylation sites is 3. The van der Waals surface area contributed by atoms with Crippen LogP contribution in [-0.4, -0.2) is 24.1 Å². The predicted octanol–water partition coefficient (Wildman–Crippen LogP) is 37.4. The molecular formula is C141H105N7. The van der Waals surface area contributed by atoms with Crippen molar-refractivity contribution >= 4 is 110 Å². The van der Waals surface area contributed by atoms with E-state index in [-0.39, 0.29) is 21.7 Å². The minimum Gasteiger partial charge on any atom is -0.310 e. The number of benzene rings is 22. The van der Waals surface area contributed by atoms with Crippen LogP contribution in [0.4, 0.5) is 34.1 Å². The Kier molecular flexibility index (Phi) is 20.9. The number of anilines is 6. The van der Waals surface area contributed by atoms with Gasteiger partial charge in [0.25, 0.3) is 0 Å². The minimum absolute atomic E-state index is 0.0380. The summed E-state index contributed by atoms with van der Waals surface area (Å²) < 4.78 is 4.82. The predicted molar refractivity (Wildman–Crippen MR) is 621 cm³/mol. The van der Waals surface area contributed by atoms with Gasteiger partial charge in [0.2, 0.25) is 0 Å². The Balaban J connectivity index is 0.000000110. The molecule has 29 rings (SSSR count). The van der Waals surface area contributed by atoms with Gasteiger partial charge in [-0.25, -0.2) is 15.0 Å². The van der Waals surface area contributed by atoms with E-state index in [1.54, 1.807) is 0 Å². The van der Waals surface area contributed by atoms with Gasteiger partial charge in [-0.1, -0.05) is 432 Å². The maximum atomic E-state index is 5.10. The Morgan fingerprint density at radius 3 is 1.09 bits per heavy atom. The van der Waals surface area contributed by atoms with E-state index < -0.39 is 0 Å². The largest absolute Gasteiger partial charge is 0.310 e. The first-order chi connectivity index (χ1) is 72.5. The van der Waals surface area contributed by atoms with Crippen molar-refractivity contribution in [1.82, 2.24) is 24.1 Å². The molecule has 0 aliphatic heterocycles. The number of hydrogen-bond donors (Lipinski definition) is 0. The van der Waals surface area contributed by atoms with Crippen molar-refractivity contribution in [2.45, 2.75) is 77.0 Å². The van der Waals surface area contributed by atoms with E-state index in [0.29, 0.717) is 17.5 Å². The first-order valence-corrected chi connectivity index (χ1v) is 51.6. The maximum absolute atomic E-state index is 5.10. The highest BCUT2D eigenvalue weighted by Crippen LogP contribution is 2.59. The Hall–Kier alpha value is -18.2. The van der Waals surface area contributed by atoms with Crippen LogP contribution in [0.15, 0.2) is 491 Å². The second-order valence-electron chi connectivity index (χ2n) is 42.0. The molecule has 0 radical (unpaired) electrons. The standard InChI is InChI=1S/C49H31N5.2C46H37N/c1-4-16-32(17-5-1)47-50-48(33-18-6-2-7-19-33)52-49(51-47)39-28-29-44(36-23-11-10-22-35(36)39)54-43-27-15-13-25-38(43)41-30-40-37-24-12-14-26-42(37)53(45(40)31-46(41)54)34-20-8-3-9-21-34;1-45(2)40-19-11-9-16-38(40)44-37-17-12-20-43(36(37)27-28-41(44)45)47(32-23-21-31(22-24-32)30-13-6-5-7-14-30)33-25-26-35-34-15-8-10-18-39(34)46(3,4)42(35)29-33;1-45(2)40-17-11-10-16-37(40)38-25-23-34(28-42(38)45)47(33-21-18-31(19-22-33)30-12-6-5-7-13-30)35-24-26-39-43(29-35)46(3,4)41-27-20-32-14-8-9-15-36(32)44(39)41/h1-31H;2*5-29H,1-4H3. The third kappa shape index (κ3) is 14.3. The molecule has 4 aliphatic carbocycles. The zero-order chi connectivity index (χ0) is 99.4. The van der Waals surface area contributed by atoms with Crippen LogP contribution in [0.3, 0.4) is 0 Å². The lowest BCUT2D eigenvalue weighted by atomic mass is 9.81. The highest BCUT2D eigenvalue weighted by atomic mass is 15.2. The van der Waals surface area contributed by atoms with Crippen molar-refractivity contribution < 1.29 is 0 Å². The Labute approximate surface area is 863 Å². The van der Waals surface area contributed by atoms with E-state index in [2.05, 4.69) is 505 Å². The van der Waals surface area contributed by atoms with Crippen LogP contribution in [0.2, 0.25) is 0 Å². The summed E-state index contributed by atoms with van der Waals surface area (Å²) in [4.78, 5) is 20.1. The molecular weight excluding hydrogens is 1790 g/mol. The topological polar surface area (TPSA) is 55.0 Å². The molecule has 0 amide bonds. The van der Waals surface area contributed by atoms with Crippen LogP contribution in [0, 0.1) is 0 Å². The van der Waals surface area contributed by atoms with Gasteiger partial charge in [-0.2, -0.15) is 0 Å². The highest BCUT2D eigenvalue weighted by Gasteiger charge is 2.42. The fraction of sp³-hybridized carbons (Fsp3) is 0.0851. The molecule has 7 heteroatoms. The number of aromatic nitrogens is 5. The summed E-state index contributed by atoms with van der Waals surface area (Å²) in [5.41, 5.74) is 43.3. The van der Waals surface area contributed by atoms with E-state index in [4.69, 9.17) is 15.0 Å². The third-order valence-electron chi connectivity index (χ3n) is 32.3. The van der Waals surface area contributed by atoms with Gasteiger partial charge in [0, 0.05) is 105 Å². The molecule has 4 aliphatic rings. The van der Waals surface area contributed by atoms with Crippen molar-refractivity contribution in [2.24, 2.45) is 0 Å². The number of fused-ring (bicyclic) bond motifs is 23. The van der Waals surface area contributed by atoms with E-state index >= 15 is 0 Å². The second-order valence-corrected chi connectivity index (χ2v) is 42.0. The molecule has 3 aromatic heterocycles. The number of nitrogens with zero attached hydrogens (tertiary/aromatic N) is 7. The molecule has 25 aromatic rings. The molecule has 3 heterocycles. The lowest BCUT2D eigenvalue weighted by Gasteiger charge is -2.30. The van der Waals surface area contributed by atoms with Gasteiger partial charge in [-0.15, -0.1) is 0 Å². The highest BCUT2D eigenvalue weighted by molar-refractivity contribution is 6.20. The van der Waals surface area contributed by atoms with Crippen LogP contribution in [0.5, 0.6) is 0 Å². The summed E-state index contributed by atoms with van der Waals surface area (Å²) in [7, 11) is 0. The van der Waals surface area contributed by atoms with Crippen LogP contribution < -0.4 is 9.80 Å². The smallest absolute Gasteiger partial charge is 0.164 e. The summed E-state index contributed by atoms with van der Waals surface area (Å²) >= 11 is 0. The van der Waals surface area contributed by atoms with Crippen molar-refractivity contribution in [2.75, 3.05) is 9.80 Å². The van der Waals surface area contributed by atoms with Gasteiger partial charge in [-0.3, -0.25) is 0 Å². The van der Waals surface area contributed by atoms with Crippen LogP contribution in [-0.2, 0) is 21.7 Å². The molecule has 0 bridgehead atoms. The van der Waals surface area contributed by atoms with Crippen LogP contribution in [0.25, 0.3) is 188 Å². The molecule has 0 spiro atoms. The van der Waals surface area contributed by atoms with E-state index in [1.807, 2.05) is 60.7 Å². The lowest BCUT2D eigenvalue weighted by Crippen LogP contribution is -2.18. The van der Waals surface area contributed by atoms with Gasteiger partial charge in [-0.05, 0) is 248 Å². The number of rotatable bonds is 13. The van der Waals surface area contributed by atoms with E-state index in [9.17, 15) is 0 Å². The Morgan fingerprint density at radius 1 is 0.182 bits per heavy atom. The fourth-order valence-corrected chi connectivity index (χ4v) is 24.9. The Bertz CT molecular complexity index is 9570. The molecule has 0 N–H and O–H groups in total. The van der Waals surface area contributed by atoms with Gasteiger partial charge >= 0.3 is 0 Å². The summed E-state index contributed by atoms with van der Waals surface area (Å²) in [6.07, 6.45) is 0. The summed E-state index contributed by atoms with van der Waals surface area (Å²) in [5.74, 6) is 1.93. The van der Waals surface area contributed by atoms with Crippen molar-refractivity contribution in [1.29, 1.82) is 0 Å². The molecule has 0 unspecified atom stereocenters. The van der Waals surface area contributed by atoms with Gasteiger partial charge in [0.05, 0.1) is 33.4 Å². The first kappa shape index (κ1) is 88.7. The van der Waals surface area contributed by atoms with E-state index in [0.717, 1.165) is 61.2 Å². The molecule has 0 fully saturated rings. The first-order valence-electron chi connectivity index (χ1n) is 51.6. The zero-order valence-corrected chi connectivity index (χ0v) is 83.9. The molecule has 22 aromatic carbocycles.